The molecule has 6 nitrogen and oxygen atoms in total. The SMILES string of the molecule is COCCOc1cc(OCCOC)c2cc(Cc3ccccc3)c(=O)oc2c1. The molecular weight excluding hydrogens is 360 g/mol. The third-order valence-corrected chi connectivity index (χ3v) is 4.20. The maximum Gasteiger partial charge on any atom is 0.339 e. The van der Waals surface area contributed by atoms with Crippen molar-refractivity contribution in [3.8, 4) is 11.5 Å². The molecule has 0 fully saturated rings. The van der Waals surface area contributed by atoms with Gasteiger partial charge in [-0.3, -0.25) is 0 Å². The summed E-state index contributed by atoms with van der Waals surface area (Å²) in [5, 5.41) is 0.723. The Kier molecular flexibility index (Phi) is 7.06. The molecule has 2 aromatic carbocycles. The molecule has 0 unspecified atom stereocenters. The van der Waals surface area contributed by atoms with E-state index in [1.54, 1.807) is 26.4 Å². The summed E-state index contributed by atoms with van der Waals surface area (Å²) < 4.78 is 27.2. The van der Waals surface area contributed by atoms with Crippen LogP contribution in [0, 0.1) is 0 Å². The molecule has 148 valence electrons. The Balaban J connectivity index is 1.97. The van der Waals surface area contributed by atoms with Gasteiger partial charge in [0.25, 0.3) is 0 Å². The minimum atomic E-state index is -0.367. The van der Waals surface area contributed by atoms with E-state index >= 15 is 0 Å². The van der Waals surface area contributed by atoms with Crippen LogP contribution >= 0.6 is 0 Å². The second-order valence-electron chi connectivity index (χ2n) is 6.24. The topological polar surface area (TPSA) is 67.1 Å². The van der Waals surface area contributed by atoms with Gasteiger partial charge in [0.2, 0.25) is 0 Å². The van der Waals surface area contributed by atoms with Crippen molar-refractivity contribution in [3.63, 3.8) is 0 Å². The molecule has 0 aliphatic rings. The van der Waals surface area contributed by atoms with Crippen molar-refractivity contribution in [2.75, 3.05) is 40.6 Å². The lowest BCUT2D eigenvalue weighted by Crippen LogP contribution is -2.10. The highest BCUT2D eigenvalue weighted by Crippen LogP contribution is 2.31. The van der Waals surface area contributed by atoms with E-state index in [0.717, 1.165) is 10.9 Å². The molecule has 1 aromatic heterocycles. The molecule has 0 bridgehead atoms. The zero-order chi connectivity index (χ0) is 19.8. The van der Waals surface area contributed by atoms with Crippen LogP contribution in [0.25, 0.3) is 11.0 Å². The van der Waals surface area contributed by atoms with Crippen LogP contribution < -0.4 is 15.1 Å². The zero-order valence-electron chi connectivity index (χ0n) is 16.1. The molecule has 0 atom stereocenters. The van der Waals surface area contributed by atoms with Crippen molar-refractivity contribution >= 4 is 11.0 Å². The molecule has 0 saturated carbocycles. The summed E-state index contributed by atoms with van der Waals surface area (Å²) in [7, 11) is 3.22. The van der Waals surface area contributed by atoms with E-state index < -0.39 is 0 Å². The van der Waals surface area contributed by atoms with Gasteiger partial charge in [-0.15, -0.1) is 0 Å². The predicted octanol–water partition coefficient (Wildman–Crippen LogP) is 3.43. The number of hydrogen-bond donors (Lipinski definition) is 0. The van der Waals surface area contributed by atoms with Crippen LogP contribution in [-0.2, 0) is 15.9 Å². The minimum absolute atomic E-state index is 0.367. The summed E-state index contributed by atoms with van der Waals surface area (Å²) in [5.41, 5.74) is 1.66. The van der Waals surface area contributed by atoms with E-state index in [1.165, 1.54) is 0 Å². The number of hydrogen-bond acceptors (Lipinski definition) is 6. The lowest BCUT2D eigenvalue weighted by Gasteiger charge is -2.13. The third kappa shape index (κ3) is 5.12. The quantitative estimate of drug-likeness (QED) is 0.394. The normalized spacial score (nSPS) is 10.9. The monoisotopic (exact) mass is 384 g/mol. The van der Waals surface area contributed by atoms with Gasteiger partial charge < -0.3 is 23.4 Å². The average Bonchev–Trinajstić information content (AvgIpc) is 2.70. The first-order valence-electron chi connectivity index (χ1n) is 9.09. The van der Waals surface area contributed by atoms with Gasteiger partial charge in [-0.25, -0.2) is 4.79 Å². The van der Waals surface area contributed by atoms with E-state index in [-0.39, 0.29) is 5.63 Å². The highest BCUT2D eigenvalue weighted by Gasteiger charge is 2.13. The molecular formula is C22H24O6. The van der Waals surface area contributed by atoms with Gasteiger partial charge >= 0.3 is 5.63 Å². The Hall–Kier alpha value is -2.83. The molecule has 0 radical (unpaired) electrons. The highest BCUT2D eigenvalue weighted by molar-refractivity contribution is 5.85. The van der Waals surface area contributed by atoms with E-state index in [0.29, 0.717) is 55.5 Å². The number of fused-ring (bicyclic) bond motifs is 1. The third-order valence-electron chi connectivity index (χ3n) is 4.20. The van der Waals surface area contributed by atoms with Gasteiger partial charge in [-0.05, 0) is 11.6 Å². The van der Waals surface area contributed by atoms with Crippen molar-refractivity contribution in [3.05, 3.63) is 70.1 Å². The summed E-state index contributed by atoms with van der Waals surface area (Å²) in [6, 6.07) is 15.1. The molecule has 1 heterocycles. The Labute approximate surface area is 163 Å². The maximum atomic E-state index is 12.5. The lowest BCUT2D eigenvalue weighted by molar-refractivity contribution is 0.143. The molecule has 0 spiro atoms. The maximum absolute atomic E-state index is 12.5. The number of benzene rings is 2. The van der Waals surface area contributed by atoms with Crippen LogP contribution in [0.1, 0.15) is 11.1 Å². The first-order valence-corrected chi connectivity index (χ1v) is 9.09. The number of ether oxygens (including phenoxy) is 4. The van der Waals surface area contributed by atoms with Gasteiger partial charge in [-0.1, -0.05) is 30.3 Å². The Morgan fingerprint density at radius 2 is 1.57 bits per heavy atom. The molecule has 3 aromatic rings. The second kappa shape index (κ2) is 9.92. The lowest BCUT2D eigenvalue weighted by atomic mass is 10.0. The van der Waals surface area contributed by atoms with Crippen LogP contribution in [0.15, 0.2) is 57.7 Å². The Morgan fingerprint density at radius 1 is 0.857 bits per heavy atom. The average molecular weight is 384 g/mol. The van der Waals surface area contributed by atoms with Crippen molar-refractivity contribution in [1.82, 2.24) is 0 Å². The largest absolute Gasteiger partial charge is 0.491 e. The van der Waals surface area contributed by atoms with E-state index in [1.807, 2.05) is 36.4 Å². The van der Waals surface area contributed by atoms with Crippen molar-refractivity contribution in [1.29, 1.82) is 0 Å². The summed E-state index contributed by atoms with van der Waals surface area (Å²) in [6.45, 7) is 1.66. The summed E-state index contributed by atoms with van der Waals surface area (Å²) in [5.74, 6) is 1.14. The molecule has 0 amide bonds. The van der Waals surface area contributed by atoms with Gasteiger partial charge in [0, 0.05) is 38.3 Å². The van der Waals surface area contributed by atoms with E-state index in [4.69, 9.17) is 23.4 Å². The Morgan fingerprint density at radius 3 is 2.29 bits per heavy atom. The van der Waals surface area contributed by atoms with E-state index in [2.05, 4.69) is 0 Å². The summed E-state index contributed by atoms with van der Waals surface area (Å²) >= 11 is 0. The first kappa shape index (κ1) is 19.9. The fourth-order valence-electron chi connectivity index (χ4n) is 2.82. The zero-order valence-corrected chi connectivity index (χ0v) is 16.1. The highest BCUT2D eigenvalue weighted by atomic mass is 16.5. The first-order chi connectivity index (χ1) is 13.7. The minimum Gasteiger partial charge on any atom is -0.491 e. The van der Waals surface area contributed by atoms with Crippen LogP contribution in [0.4, 0.5) is 0 Å². The van der Waals surface area contributed by atoms with Crippen molar-refractivity contribution in [2.45, 2.75) is 6.42 Å². The summed E-state index contributed by atoms with van der Waals surface area (Å²) in [6.07, 6.45) is 0.489. The van der Waals surface area contributed by atoms with Crippen molar-refractivity contribution < 1.29 is 23.4 Å². The number of methoxy groups -OCH3 is 2. The smallest absolute Gasteiger partial charge is 0.339 e. The molecule has 0 saturated heterocycles. The van der Waals surface area contributed by atoms with Gasteiger partial charge in [0.1, 0.15) is 30.3 Å². The predicted molar refractivity (Wildman–Crippen MR) is 106 cm³/mol. The van der Waals surface area contributed by atoms with Crippen LogP contribution in [-0.4, -0.2) is 40.6 Å². The molecule has 0 aliphatic carbocycles. The fourth-order valence-corrected chi connectivity index (χ4v) is 2.82. The van der Waals surface area contributed by atoms with Crippen molar-refractivity contribution in [2.24, 2.45) is 0 Å². The van der Waals surface area contributed by atoms with Gasteiger partial charge in [-0.2, -0.15) is 0 Å². The number of rotatable bonds is 10. The van der Waals surface area contributed by atoms with Gasteiger partial charge in [0.05, 0.1) is 18.6 Å². The molecule has 3 rings (SSSR count). The van der Waals surface area contributed by atoms with Crippen LogP contribution in [0.5, 0.6) is 11.5 Å². The standard InChI is InChI=1S/C22H24O6/c1-24-8-10-26-18-14-20(27-11-9-25-2)19-13-17(22(23)28-21(19)15-18)12-16-6-4-3-5-7-16/h3-7,13-15H,8-12H2,1-2H3. The molecule has 28 heavy (non-hydrogen) atoms. The molecule has 6 heteroatoms. The fraction of sp³-hybridized carbons (Fsp3) is 0.318. The van der Waals surface area contributed by atoms with Crippen LogP contribution in [0.3, 0.4) is 0 Å². The molecule has 0 aliphatic heterocycles. The van der Waals surface area contributed by atoms with E-state index in [9.17, 15) is 4.79 Å². The summed E-state index contributed by atoms with van der Waals surface area (Å²) in [4.78, 5) is 12.5. The van der Waals surface area contributed by atoms with Crippen LogP contribution in [0.2, 0.25) is 0 Å². The van der Waals surface area contributed by atoms with Gasteiger partial charge in [0.15, 0.2) is 0 Å². The molecule has 0 N–H and O–H groups in total. The Bertz CT molecular complexity index is 948. The second-order valence-corrected chi connectivity index (χ2v) is 6.24.